The molecule has 23 heavy (non-hydrogen) atoms. The second-order valence-corrected chi connectivity index (χ2v) is 6.00. The third-order valence-corrected chi connectivity index (χ3v) is 4.28. The smallest absolute Gasteiger partial charge is 0.330 e. The molecule has 3 rings (SSSR count). The molecule has 2 aliphatic heterocycles. The molecule has 4 atom stereocenters. The molecule has 2 N–H and O–H groups in total. The number of H-pyrrole nitrogens is 1. The monoisotopic (exact) mass is 326 g/mol. The van der Waals surface area contributed by atoms with E-state index in [2.05, 4.69) is 4.98 Å². The van der Waals surface area contributed by atoms with Gasteiger partial charge in [0.25, 0.3) is 5.56 Å². The molecular formula is C15H22N2O6. The topological polar surface area (TPSA) is 103 Å². The van der Waals surface area contributed by atoms with E-state index in [-0.39, 0.29) is 19.0 Å². The molecule has 3 heterocycles. The molecule has 0 amide bonds. The third kappa shape index (κ3) is 3.55. The van der Waals surface area contributed by atoms with Gasteiger partial charge in [-0.05, 0) is 26.2 Å². The van der Waals surface area contributed by atoms with Gasteiger partial charge >= 0.3 is 5.69 Å². The van der Waals surface area contributed by atoms with Gasteiger partial charge in [0.05, 0.1) is 12.7 Å². The number of aromatic nitrogens is 2. The second kappa shape index (κ2) is 6.96. The normalized spacial score (nSPS) is 31.4. The summed E-state index contributed by atoms with van der Waals surface area (Å²) in [5, 5.41) is 9.51. The van der Waals surface area contributed by atoms with E-state index in [1.807, 2.05) is 0 Å². The van der Waals surface area contributed by atoms with Crippen molar-refractivity contribution >= 4 is 0 Å². The summed E-state index contributed by atoms with van der Waals surface area (Å²) in [4.78, 5) is 25.7. The van der Waals surface area contributed by atoms with Gasteiger partial charge in [-0.25, -0.2) is 4.79 Å². The van der Waals surface area contributed by atoms with Crippen LogP contribution in [0.4, 0.5) is 0 Å². The Morgan fingerprint density at radius 1 is 1.43 bits per heavy atom. The maximum absolute atomic E-state index is 12.0. The van der Waals surface area contributed by atoms with Gasteiger partial charge in [0.2, 0.25) is 0 Å². The highest BCUT2D eigenvalue weighted by Crippen LogP contribution is 2.31. The predicted molar refractivity (Wildman–Crippen MR) is 80.1 cm³/mol. The molecule has 0 radical (unpaired) electrons. The molecule has 2 fully saturated rings. The van der Waals surface area contributed by atoms with Gasteiger partial charge in [0.15, 0.2) is 6.29 Å². The number of aliphatic hydroxyl groups is 1. The first kappa shape index (κ1) is 16.4. The Balaban J connectivity index is 1.74. The fourth-order valence-electron chi connectivity index (χ4n) is 2.99. The summed E-state index contributed by atoms with van der Waals surface area (Å²) in [6, 6.07) is 0. The zero-order valence-electron chi connectivity index (χ0n) is 13.1. The summed E-state index contributed by atoms with van der Waals surface area (Å²) < 4.78 is 18.5. The lowest BCUT2D eigenvalue weighted by Gasteiger charge is -2.27. The third-order valence-electron chi connectivity index (χ3n) is 4.28. The van der Waals surface area contributed by atoms with Crippen molar-refractivity contribution in [3.8, 4) is 0 Å². The van der Waals surface area contributed by atoms with Crippen LogP contribution in [0.25, 0.3) is 0 Å². The molecule has 2 saturated heterocycles. The summed E-state index contributed by atoms with van der Waals surface area (Å²) in [5.74, 6) is 0. The molecule has 0 saturated carbocycles. The Hall–Kier alpha value is -1.48. The predicted octanol–water partition coefficient (Wildman–Crippen LogP) is 0.0366. The van der Waals surface area contributed by atoms with Crippen LogP contribution >= 0.6 is 0 Å². The number of rotatable bonds is 4. The number of nitrogens with zero attached hydrogens (tertiary/aromatic N) is 1. The Morgan fingerprint density at radius 2 is 2.26 bits per heavy atom. The van der Waals surface area contributed by atoms with E-state index in [0.29, 0.717) is 18.6 Å². The van der Waals surface area contributed by atoms with Crippen LogP contribution in [-0.4, -0.2) is 46.4 Å². The van der Waals surface area contributed by atoms with Crippen LogP contribution in [0.2, 0.25) is 0 Å². The summed E-state index contributed by atoms with van der Waals surface area (Å²) in [6.45, 7) is 2.09. The van der Waals surface area contributed by atoms with Crippen molar-refractivity contribution in [2.75, 3.05) is 13.2 Å². The summed E-state index contributed by atoms with van der Waals surface area (Å²) >= 11 is 0. The molecular weight excluding hydrogens is 304 g/mol. The molecule has 0 spiro atoms. The number of aryl methyl sites for hydroxylation is 1. The highest BCUT2D eigenvalue weighted by Gasteiger charge is 2.39. The van der Waals surface area contributed by atoms with E-state index in [4.69, 9.17) is 14.2 Å². The second-order valence-electron chi connectivity index (χ2n) is 6.00. The fraction of sp³-hybridized carbons (Fsp3) is 0.733. The van der Waals surface area contributed by atoms with Crippen molar-refractivity contribution in [1.29, 1.82) is 0 Å². The highest BCUT2D eigenvalue weighted by atomic mass is 16.7. The summed E-state index contributed by atoms with van der Waals surface area (Å²) in [5.41, 5.74) is -0.517. The van der Waals surface area contributed by atoms with Crippen LogP contribution < -0.4 is 11.2 Å². The molecule has 8 nitrogen and oxygen atoms in total. The van der Waals surface area contributed by atoms with Crippen LogP contribution in [0.3, 0.4) is 0 Å². The van der Waals surface area contributed by atoms with Crippen molar-refractivity contribution in [3.63, 3.8) is 0 Å². The average Bonchev–Trinajstić information content (AvgIpc) is 2.94. The minimum Gasteiger partial charge on any atom is -0.394 e. The first-order valence-electron chi connectivity index (χ1n) is 7.94. The first-order valence-corrected chi connectivity index (χ1v) is 7.94. The molecule has 8 heteroatoms. The van der Waals surface area contributed by atoms with Crippen molar-refractivity contribution in [2.45, 2.75) is 57.3 Å². The molecule has 1 unspecified atom stereocenters. The number of ether oxygens (including phenoxy) is 3. The Bertz CT molecular complexity index is 648. The summed E-state index contributed by atoms with van der Waals surface area (Å²) in [6.07, 6.45) is 3.02. The first-order chi connectivity index (χ1) is 11.1. The van der Waals surface area contributed by atoms with E-state index in [1.54, 1.807) is 6.92 Å². The minimum atomic E-state index is -0.580. The Morgan fingerprint density at radius 3 is 2.96 bits per heavy atom. The van der Waals surface area contributed by atoms with Crippen LogP contribution in [0.15, 0.2) is 15.8 Å². The van der Waals surface area contributed by atoms with E-state index in [9.17, 15) is 14.7 Å². The van der Waals surface area contributed by atoms with Gasteiger partial charge in [0.1, 0.15) is 12.3 Å². The lowest BCUT2D eigenvalue weighted by molar-refractivity contribution is -0.199. The SMILES string of the molecule is Cc1cn([C@@H]2C[C@@H](OC3CCCCO3)[C@H](CO)O2)c(=O)[nH]c1=O. The largest absolute Gasteiger partial charge is 0.394 e. The van der Waals surface area contributed by atoms with Crippen LogP contribution in [0.1, 0.15) is 37.5 Å². The molecule has 2 aliphatic rings. The van der Waals surface area contributed by atoms with E-state index < -0.39 is 23.6 Å². The van der Waals surface area contributed by atoms with Gasteiger partial charge in [-0.2, -0.15) is 0 Å². The zero-order chi connectivity index (χ0) is 16.4. The quantitative estimate of drug-likeness (QED) is 0.810. The lowest BCUT2D eigenvalue weighted by Crippen LogP contribution is -2.34. The molecule has 0 aliphatic carbocycles. The maximum Gasteiger partial charge on any atom is 0.330 e. The van der Waals surface area contributed by atoms with Crippen molar-refractivity contribution in [3.05, 3.63) is 32.6 Å². The standard InChI is InChI=1S/C15H22N2O6/c1-9-7-17(15(20)16-14(9)19)12-6-10(11(8-18)22-12)23-13-4-2-3-5-21-13/h7,10-13,18H,2-6,8H2,1H3,(H,16,19,20)/t10-,11+,12+,13?/m1/s1. The summed E-state index contributed by atoms with van der Waals surface area (Å²) in [7, 11) is 0. The highest BCUT2D eigenvalue weighted by molar-refractivity contribution is 5.02. The fourth-order valence-corrected chi connectivity index (χ4v) is 2.99. The Kier molecular flexibility index (Phi) is 4.96. The van der Waals surface area contributed by atoms with E-state index in [0.717, 1.165) is 19.3 Å². The number of hydrogen-bond acceptors (Lipinski definition) is 6. The van der Waals surface area contributed by atoms with Crippen molar-refractivity contribution < 1.29 is 19.3 Å². The van der Waals surface area contributed by atoms with E-state index in [1.165, 1.54) is 10.8 Å². The number of nitrogens with one attached hydrogen (secondary N) is 1. The molecule has 1 aromatic heterocycles. The van der Waals surface area contributed by atoms with Gasteiger partial charge < -0.3 is 19.3 Å². The lowest BCUT2D eigenvalue weighted by atomic mass is 10.1. The van der Waals surface area contributed by atoms with Crippen molar-refractivity contribution in [1.82, 2.24) is 9.55 Å². The maximum atomic E-state index is 12.0. The van der Waals surface area contributed by atoms with Gasteiger partial charge in [-0.3, -0.25) is 14.3 Å². The van der Waals surface area contributed by atoms with Crippen LogP contribution in [0.5, 0.6) is 0 Å². The molecule has 0 bridgehead atoms. The van der Waals surface area contributed by atoms with Gasteiger partial charge in [-0.15, -0.1) is 0 Å². The minimum absolute atomic E-state index is 0.203. The molecule has 1 aromatic rings. The zero-order valence-corrected chi connectivity index (χ0v) is 13.1. The molecule has 0 aromatic carbocycles. The van der Waals surface area contributed by atoms with Crippen molar-refractivity contribution in [2.24, 2.45) is 0 Å². The van der Waals surface area contributed by atoms with Gasteiger partial charge in [0, 0.05) is 24.8 Å². The number of aromatic amines is 1. The van der Waals surface area contributed by atoms with E-state index >= 15 is 0 Å². The Labute approximate surface area is 133 Å². The number of aliphatic hydroxyl groups excluding tert-OH is 1. The molecule has 128 valence electrons. The van der Waals surface area contributed by atoms with Crippen LogP contribution in [-0.2, 0) is 14.2 Å². The average molecular weight is 326 g/mol. The van der Waals surface area contributed by atoms with Gasteiger partial charge in [-0.1, -0.05) is 0 Å². The number of hydrogen-bond donors (Lipinski definition) is 2. The van der Waals surface area contributed by atoms with Crippen LogP contribution in [0, 0.1) is 6.92 Å².